The molecule has 1 fully saturated rings. The smallest absolute Gasteiger partial charge is 0.295 e. The first-order valence-corrected chi connectivity index (χ1v) is 9.47. The van der Waals surface area contributed by atoms with Crippen molar-refractivity contribution < 1.29 is 19.4 Å². The molecule has 0 aliphatic carbocycles. The van der Waals surface area contributed by atoms with Crippen LogP contribution in [0.1, 0.15) is 42.5 Å². The number of hydrogen-bond acceptors (Lipinski definition) is 4. The third-order valence-corrected chi connectivity index (χ3v) is 5.05. The minimum Gasteiger partial charge on any atom is -0.507 e. The molecular weight excluding hydrogens is 354 g/mol. The highest BCUT2D eigenvalue weighted by molar-refractivity contribution is 6.46. The number of aryl methyl sites for hydroxylation is 1. The number of amides is 1. The van der Waals surface area contributed by atoms with Gasteiger partial charge in [-0.25, -0.2) is 0 Å². The zero-order chi connectivity index (χ0) is 20.3. The van der Waals surface area contributed by atoms with Crippen LogP contribution in [-0.2, 0) is 9.59 Å². The topological polar surface area (TPSA) is 66.8 Å². The van der Waals surface area contributed by atoms with E-state index in [1.165, 1.54) is 0 Å². The lowest BCUT2D eigenvalue weighted by molar-refractivity contribution is -0.139. The van der Waals surface area contributed by atoms with Crippen LogP contribution in [0.25, 0.3) is 5.76 Å². The molecule has 5 heteroatoms. The second-order valence-electron chi connectivity index (χ2n) is 6.99. The first-order valence-electron chi connectivity index (χ1n) is 9.47. The fourth-order valence-corrected chi connectivity index (χ4v) is 3.44. The number of methoxy groups -OCH3 is 1. The summed E-state index contributed by atoms with van der Waals surface area (Å²) in [6.07, 6.45) is 1.68. The summed E-state index contributed by atoms with van der Waals surface area (Å²) in [5, 5.41) is 10.9. The van der Waals surface area contributed by atoms with E-state index in [4.69, 9.17) is 4.74 Å². The molecule has 0 saturated carbocycles. The molecule has 0 spiro atoms. The van der Waals surface area contributed by atoms with Gasteiger partial charge in [0.2, 0.25) is 0 Å². The van der Waals surface area contributed by atoms with Gasteiger partial charge in [0.25, 0.3) is 11.7 Å². The average Bonchev–Trinajstić information content (AvgIpc) is 2.97. The number of benzene rings is 2. The van der Waals surface area contributed by atoms with Crippen molar-refractivity contribution in [2.24, 2.45) is 0 Å². The number of ether oxygens (including phenoxy) is 1. The maximum absolute atomic E-state index is 12.8. The molecule has 3 rings (SSSR count). The summed E-state index contributed by atoms with van der Waals surface area (Å²) < 4.78 is 5.21. The minimum absolute atomic E-state index is 0.134. The Kier molecular flexibility index (Phi) is 5.83. The maximum atomic E-state index is 12.8. The molecule has 1 saturated heterocycles. The lowest BCUT2D eigenvalue weighted by Gasteiger charge is -2.25. The molecule has 1 aliphatic heterocycles. The largest absolute Gasteiger partial charge is 0.507 e. The molecule has 1 heterocycles. The van der Waals surface area contributed by atoms with E-state index in [0.717, 1.165) is 24.0 Å². The summed E-state index contributed by atoms with van der Waals surface area (Å²) in [7, 11) is 1.58. The number of likely N-dealkylation sites (tertiary alicyclic amines) is 1. The van der Waals surface area contributed by atoms with Crippen LogP contribution in [0.5, 0.6) is 5.75 Å². The molecule has 5 nitrogen and oxygen atoms in total. The predicted octanol–water partition coefficient (Wildman–Crippen LogP) is 4.23. The van der Waals surface area contributed by atoms with Crippen molar-refractivity contribution in [2.45, 2.75) is 32.7 Å². The Labute approximate surface area is 165 Å². The van der Waals surface area contributed by atoms with Gasteiger partial charge in [0.15, 0.2) is 0 Å². The zero-order valence-corrected chi connectivity index (χ0v) is 16.4. The quantitative estimate of drug-likeness (QED) is 0.463. The SMILES string of the molecule is CCCCN1C(=O)C(=O)/C(=C(\O)c2ccc(C)cc2)C1c1ccc(OC)cc1. The molecule has 28 heavy (non-hydrogen) atoms. The third-order valence-electron chi connectivity index (χ3n) is 5.05. The van der Waals surface area contributed by atoms with Crippen LogP contribution in [0.4, 0.5) is 0 Å². The molecule has 0 radical (unpaired) electrons. The summed E-state index contributed by atoms with van der Waals surface area (Å²) in [4.78, 5) is 27.1. The van der Waals surface area contributed by atoms with Gasteiger partial charge in [0, 0.05) is 12.1 Å². The van der Waals surface area contributed by atoms with Gasteiger partial charge in [0.1, 0.15) is 11.5 Å². The molecule has 0 aromatic heterocycles. The van der Waals surface area contributed by atoms with E-state index >= 15 is 0 Å². The number of nitrogens with zero attached hydrogens (tertiary/aromatic N) is 1. The first-order chi connectivity index (χ1) is 13.5. The molecule has 1 aliphatic rings. The number of ketones is 1. The van der Waals surface area contributed by atoms with Crippen LogP contribution in [-0.4, -0.2) is 35.4 Å². The van der Waals surface area contributed by atoms with Gasteiger partial charge in [-0.2, -0.15) is 0 Å². The van der Waals surface area contributed by atoms with Crippen LogP contribution >= 0.6 is 0 Å². The Morgan fingerprint density at radius 2 is 1.71 bits per heavy atom. The van der Waals surface area contributed by atoms with E-state index in [-0.39, 0.29) is 11.3 Å². The maximum Gasteiger partial charge on any atom is 0.295 e. The summed E-state index contributed by atoms with van der Waals surface area (Å²) >= 11 is 0. The van der Waals surface area contributed by atoms with Gasteiger partial charge in [-0.1, -0.05) is 55.3 Å². The lowest BCUT2D eigenvalue weighted by Crippen LogP contribution is -2.30. The number of hydrogen-bond donors (Lipinski definition) is 1. The molecular formula is C23H25NO4. The van der Waals surface area contributed by atoms with E-state index in [9.17, 15) is 14.7 Å². The fraction of sp³-hybridized carbons (Fsp3) is 0.304. The molecule has 0 bridgehead atoms. The number of Topliss-reactive ketones (excluding diaryl/α,β-unsaturated/α-hetero) is 1. The molecule has 1 amide bonds. The second kappa shape index (κ2) is 8.30. The van der Waals surface area contributed by atoms with Crippen molar-refractivity contribution in [3.05, 3.63) is 70.8 Å². The summed E-state index contributed by atoms with van der Waals surface area (Å²) in [5.41, 5.74) is 2.48. The summed E-state index contributed by atoms with van der Waals surface area (Å²) in [5.74, 6) is -0.663. The molecule has 2 aromatic rings. The van der Waals surface area contributed by atoms with Crippen LogP contribution < -0.4 is 4.74 Å². The van der Waals surface area contributed by atoms with Crippen molar-refractivity contribution in [2.75, 3.05) is 13.7 Å². The van der Waals surface area contributed by atoms with Crippen LogP contribution in [0, 0.1) is 6.92 Å². The normalized spacial score (nSPS) is 18.5. The van der Waals surface area contributed by atoms with Crippen molar-refractivity contribution >= 4 is 17.4 Å². The van der Waals surface area contributed by atoms with E-state index in [0.29, 0.717) is 17.9 Å². The van der Waals surface area contributed by atoms with Gasteiger partial charge in [0.05, 0.1) is 18.7 Å². The Morgan fingerprint density at radius 3 is 2.29 bits per heavy atom. The number of aliphatic hydroxyl groups excluding tert-OH is 1. The number of carbonyl (C=O) groups is 2. The lowest BCUT2D eigenvalue weighted by atomic mass is 9.95. The van der Waals surface area contributed by atoms with Gasteiger partial charge < -0.3 is 14.7 Å². The van der Waals surface area contributed by atoms with E-state index in [1.54, 1.807) is 36.3 Å². The number of carbonyl (C=O) groups excluding carboxylic acids is 2. The number of unbranched alkanes of at least 4 members (excludes halogenated alkanes) is 1. The van der Waals surface area contributed by atoms with E-state index in [2.05, 4.69) is 0 Å². The minimum atomic E-state index is -0.644. The van der Waals surface area contributed by atoms with Crippen molar-refractivity contribution in [3.8, 4) is 5.75 Å². The van der Waals surface area contributed by atoms with Gasteiger partial charge in [-0.15, -0.1) is 0 Å². The third kappa shape index (κ3) is 3.65. The highest BCUT2D eigenvalue weighted by Crippen LogP contribution is 2.39. The molecule has 1 N–H and O–H groups in total. The fourth-order valence-electron chi connectivity index (χ4n) is 3.44. The summed E-state index contributed by atoms with van der Waals surface area (Å²) in [6.45, 7) is 4.44. The number of rotatable bonds is 6. The van der Waals surface area contributed by atoms with Crippen molar-refractivity contribution in [3.63, 3.8) is 0 Å². The van der Waals surface area contributed by atoms with Gasteiger partial charge in [-0.3, -0.25) is 9.59 Å². The molecule has 1 unspecified atom stereocenters. The Balaban J connectivity index is 2.13. The van der Waals surface area contributed by atoms with Crippen molar-refractivity contribution in [1.29, 1.82) is 0 Å². The van der Waals surface area contributed by atoms with Crippen LogP contribution in [0.3, 0.4) is 0 Å². The number of aliphatic hydroxyl groups is 1. The molecule has 2 aromatic carbocycles. The predicted molar refractivity (Wildman–Crippen MR) is 108 cm³/mol. The highest BCUT2D eigenvalue weighted by atomic mass is 16.5. The Hall–Kier alpha value is -3.08. The van der Waals surface area contributed by atoms with Gasteiger partial charge in [-0.05, 0) is 31.0 Å². The Morgan fingerprint density at radius 1 is 1.07 bits per heavy atom. The van der Waals surface area contributed by atoms with Crippen LogP contribution in [0.15, 0.2) is 54.1 Å². The Bertz CT molecular complexity index is 897. The monoisotopic (exact) mass is 379 g/mol. The van der Waals surface area contributed by atoms with Crippen molar-refractivity contribution in [1.82, 2.24) is 4.90 Å². The van der Waals surface area contributed by atoms with Crippen LogP contribution in [0.2, 0.25) is 0 Å². The molecule has 146 valence electrons. The van der Waals surface area contributed by atoms with E-state index in [1.807, 2.05) is 38.1 Å². The second-order valence-corrected chi connectivity index (χ2v) is 6.99. The van der Waals surface area contributed by atoms with Gasteiger partial charge >= 0.3 is 0 Å². The first kappa shape index (κ1) is 19.7. The molecule has 1 atom stereocenters. The summed E-state index contributed by atoms with van der Waals surface area (Å²) in [6, 6.07) is 13.9. The zero-order valence-electron chi connectivity index (χ0n) is 16.4. The average molecular weight is 379 g/mol. The van der Waals surface area contributed by atoms with E-state index < -0.39 is 17.7 Å². The standard InChI is InChI=1S/C23H25NO4/c1-4-5-14-24-20(16-10-12-18(28-3)13-11-16)19(22(26)23(24)27)21(25)17-8-6-15(2)7-9-17/h6-13,20,25H,4-5,14H2,1-3H3/b21-19-. The highest BCUT2D eigenvalue weighted by Gasteiger charge is 2.45.